The van der Waals surface area contributed by atoms with Crippen molar-refractivity contribution >= 4 is 11.6 Å². The van der Waals surface area contributed by atoms with Gasteiger partial charge in [-0.1, -0.05) is 22.9 Å². The minimum absolute atomic E-state index is 0.133. The average molecular weight is 283 g/mol. The molecule has 0 bridgehead atoms. The molecule has 0 aliphatic rings. The molecular formula is C13H16ClFN4. The van der Waals surface area contributed by atoms with Crippen molar-refractivity contribution in [2.24, 2.45) is 0 Å². The molecule has 2 rings (SSSR count). The second-order valence-corrected chi connectivity index (χ2v) is 4.78. The van der Waals surface area contributed by atoms with Crippen LogP contribution in [0.5, 0.6) is 0 Å². The number of nitrogens with one attached hydrogen (secondary N) is 1. The van der Waals surface area contributed by atoms with Crippen molar-refractivity contribution in [2.45, 2.75) is 25.9 Å². The number of nitrogens with zero attached hydrogens (tertiary/aromatic N) is 3. The Hall–Kier alpha value is -1.46. The smallest absolute Gasteiger partial charge is 0.141 e. The van der Waals surface area contributed by atoms with Gasteiger partial charge in [0, 0.05) is 18.8 Å². The van der Waals surface area contributed by atoms with Gasteiger partial charge in [0.1, 0.15) is 5.82 Å². The van der Waals surface area contributed by atoms with Crippen molar-refractivity contribution in [1.82, 2.24) is 20.3 Å². The van der Waals surface area contributed by atoms with Crippen LogP contribution < -0.4 is 5.32 Å². The van der Waals surface area contributed by atoms with Crippen molar-refractivity contribution in [3.8, 4) is 0 Å². The number of hydrogen-bond acceptors (Lipinski definition) is 3. The fourth-order valence-corrected chi connectivity index (χ4v) is 2.00. The maximum atomic E-state index is 13.1. The van der Waals surface area contributed by atoms with Gasteiger partial charge >= 0.3 is 0 Å². The first kappa shape index (κ1) is 14.0. The van der Waals surface area contributed by atoms with Gasteiger partial charge in [0.2, 0.25) is 0 Å². The summed E-state index contributed by atoms with van der Waals surface area (Å²) >= 11 is 5.77. The molecule has 0 aliphatic carbocycles. The highest BCUT2D eigenvalue weighted by Crippen LogP contribution is 2.20. The fourth-order valence-electron chi connectivity index (χ4n) is 1.81. The molecule has 0 amide bonds. The fraction of sp³-hybridized carbons (Fsp3) is 0.385. The van der Waals surface area contributed by atoms with Crippen LogP contribution in [-0.2, 0) is 6.54 Å². The summed E-state index contributed by atoms with van der Waals surface area (Å²) in [6, 6.07) is 4.93. The molecule has 0 radical (unpaired) electrons. The van der Waals surface area contributed by atoms with Crippen LogP contribution in [0.1, 0.15) is 24.9 Å². The first-order chi connectivity index (χ1) is 9.16. The molecule has 19 heavy (non-hydrogen) atoms. The summed E-state index contributed by atoms with van der Waals surface area (Å²) in [5.74, 6) is -0.385. The molecular weight excluding hydrogens is 267 g/mol. The number of aromatic nitrogens is 3. The van der Waals surface area contributed by atoms with Gasteiger partial charge in [-0.05, 0) is 37.6 Å². The Balaban J connectivity index is 1.77. The summed E-state index contributed by atoms with van der Waals surface area (Å²) in [7, 11) is 0. The van der Waals surface area contributed by atoms with E-state index in [-0.39, 0.29) is 16.9 Å². The summed E-state index contributed by atoms with van der Waals surface area (Å²) in [5, 5.41) is 11.2. The Morgan fingerprint density at radius 3 is 3.00 bits per heavy atom. The van der Waals surface area contributed by atoms with Crippen LogP contribution in [0.15, 0.2) is 30.6 Å². The van der Waals surface area contributed by atoms with E-state index in [1.807, 2.05) is 13.1 Å². The zero-order chi connectivity index (χ0) is 13.7. The summed E-state index contributed by atoms with van der Waals surface area (Å²) in [6.07, 6.45) is 4.45. The molecule has 4 nitrogen and oxygen atoms in total. The van der Waals surface area contributed by atoms with E-state index in [9.17, 15) is 4.39 Å². The molecule has 1 aromatic carbocycles. The van der Waals surface area contributed by atoms with Gasteiger partial charge in [-0.2, -0.15) is 0 Å². The lowest BCUT2D eigenvalue weighted by atomic mass is 10.1. The van der Waals surface area contributed by atoms with Crippen molar-refractivity contribution in [1.29, 1.82) is 0 Å². The van der Waals surface area contributed by atoms with Crippen LogP contribution in [0, 0.1) is 5.82 Å². The number of halogens is 2. The molecule has 1 aromatic heterocycles. The Bertz CT molecular complexity index is 515. The van der Waals surface area contributed by atoms with Gasteiger partial charge in [-0.25, -0.2) is 4.39 Å². The summed E-state index contributed by atoms with van der Waals surface area (Å²) in [5.41, 5.74) is 0.979. The number of aryl methyl sites for hydroxylation is 1. The maximum Gasteiger partial charge on any atom is 0.141 e. The zero-order valence-corrected chi connectivity index (χ0v) is 11.4. The van der Waals surface area contributed by atoms with Gasteiger partial charge in [0.25, 0.3) is 0 Å². The van der Waals surface area contributed by atoms with Crippen LogP contribution in [0.2, 0.25) is 5.02 Å². The lowest BCUT2D eigenvalue weighted by Crippen LogP contribution is -2.21. The van der Waals surface area contributed by atoms with Gasteiger partial charge in [0.05, 0.1) is 11.2 Å². The minimum Gasteiger partial charge on any atom is -0.310 e. The second-order valence-electron chi connectivity index (χ2n) is 4.37. The Kier molecular flexibility index (Phi) is 4.87. The molecule has 1 atom stereocenters. The van der Waals surface area contributed by atoms with E-state index in [1.54, 1.807) is 23.0 Å². The van der Waals surface area contributed by atoms with Gasteiger partial charge in [-0.3, -0.25) is 4.68 Å². The largest absolute Gasteiger partial charge is 0.310 e. The first-order valence-electron chi connectivity index (χ1n) is 6.19. The summed E-state index contributed by atoms with van der Waals surface area (Å²) in [4.78, 5) is 0. The van der Waals surface area contributed by atoms with E-state index in [0.717, 1.165) is 25.1 Å². The molecule has 1 heterocycles. The van der Waals surface area contributed by atoms with Crippen LogP contribution in [0.3, 0.4) is 0 Å². The van der Waals surface area contributed by atoms with Crippen LogP contribution in [0.4, 0.5) is 4.39 Å². The first-order valence-corrected chi connectivity index (χ1v) is 6.57. The number of benzene rings is 1. The molecule has 0 spiro atoms. The topological polar surface area (TPSA) is 42.7 Å². The normalized spacial score (nSPS) is 12.6. The van der Waals surface area contributed by atoms with Crippen molar-refractivity contribution in [3.05, 3.63) is 47.0 Å². The van der Waals surface area contributed by atoms with E-state index in [0.29, 0.717) is 0 Å². The number of hydrogen-bond donors (Lipinski definition) is 1. The SMILES string of the molecule is CC(NCCCn1ccnn1)c1ccc(F)c(Cl)c1. The lowest BCUT2D eigenvalue weighted by Gasteiger charge is -2.14. The maximum absolute atomic E-state index is 13.1. The lowest BCUT2D eigenvalue weighted by molar-refractivity contribution is 0.499. The molecule has 102 valence electrons. The standard InChI is InChI=1S/C13H16ClFN4/c1-10(11-3-4-13(15)12(14)9-11)16-5-2-7-19-8-6-17-18-19/h3-4,6,8-10,16H,2,5,7H2,1H3. The predicted molar refractivity (Wildman–Crippen MR) is 72.5 cm³/mol. The van der Waals surface area contributed by atoms with E-state index >= 15 is 0 Å². The summed E-state index contributed by atoms with van der Waals surface area (Å²) < 4.78 is 14.9. The molecule has 2 aromatic rings. The summed E-state index contributed by atoms with van der Waals surface area (Å²) in [6.45, 7) is 3.69. The van der Waals surface area contributed by atoms with Crippen molar-refractivity contribution in [3.63, 3.8) is 0 Å². The molecule has 1 unspecified atom stereocenters. The van der Waals surface area contributed by atoms with E-state index in [2.05, 4.69) is 15.6 Å². The highest BCUT2D eigenvalue weighted by Gasteiger charge is 2.07. The third kappa shape index (κ3) is 4.01. The van der Waals surface area contributed by atoms with Crippen LogP contribution in [-0.4, -0.2) is 21.5 Å². The Morgan fingerprint density at radius 2 is 2.32 bits per heavy atom. The zero-order valence-electron chi connectivity index (χ0n) is 10.7. The molecule has 6 heteroatoms. The second kappa shape index (κ2) is 6.63. The quantitative estimate of drug-likeness (QED) is 0.829. The van der Waals surface area contributed by atoms with Crippen molar-refractivity contribution in [2.75, 3.05) is 6.54 Å². The molecule has 1 N–H and O–H groups in total. The average Bonchev–Trinajstić information content (AvgIpc) is 2.91. The predicted octanol–water partition coefficient (Wildman–Crippen LogP) is 2.81. The molecule has 0 aliphatic heterocycles. The molecule has 0 fully saturated rings. The van der Waals surface area contributed by atoms with Crippen LogP contribution >= 0.6 is 11.6 Å². The van der Waals surface area contributed by atoms with E-state index in [1.165, 1.54) is 6.07 Å². The van der Waals surface area contributed by atoms with Gasteiger partial charge < -0.3 is 5.32 Å². The third-order valence-electron chi connectivity index (χ3n) is 2.93. The highest BCUT2D eigenvalue weighted by molar-refractivity contribution is 6.30. The van der Waals surface area contributed by atoms with Crippen molar-refractivity contribution < 1.29 is 4.39 Å². The minimum atomic E-state index is -0.385. The highest BCUT2D eigenvalue weighted by atomic mass is 35.5. The number of rotatable bonds is 6. The van der Waals surface area contributed by atoms with E-state index < -0.39 is 0 Å². The molecule has 0 saturated carbocycles. The van der Waals surface area contributed by atoms with E-state index in [4.69, 9.17) is 11.6 Å². The van der Waals surface area contributed by atoms with Crippen LogP contribution in [0.25, 0.3) is 0 Å². The Morgan fingerprint density at radius 1 is 1.47 bits per heavy atom. The molecule has 0 saturated heterocycles. The van der Waals surface area contributed by atoms with Gasteiger partial charge in [0.15, 0.2) is 0 Å². The monoisotopic (exact) mass is 282 g/mol. The Labute approximate surface area is 116 Å². The van der Waals surface area contributed by atoms with Gasteiger partial charge in [-0.15, -0.1) is 5.10 Å². The third-order valence-corrected chi connectivity index (χ3v) is 3.22.